The second-order valence-electron chi connectivity index (χ2n) is 10.0. The van der Waals surface area contributed by atoms with Crippen LogP contribution >= 0.6 is 23.2 Å². The molecule has 202 valence electrons. The predicted octanol–water partition coefficient (Wildman–Crippen LogP) is 5.61. The van der Waals surface area contributed by atoms with Crippen molar-refractivity contribution in [2.75, 3.05) is 5.75 Å². The van der Waals surface area contributed by atoms with Gasteiger partial charge in [0.05, 0.1) is 28.0 Å². The molecule has 1 saturated heterocycles. The second kappa shape index (κ2) is 11.3. The van der Waals surface area contributed by atoms with Crippen LogP contribution in [-0.2, 0) is 24.2 Å². The summed E-state index contributed by atoms with van der Waals surface area (Å²) in [5.41, 5.74) is 0.842. The number of amides is 1. The molecule has 7 nitrogen and oxygen atoms in total. The van der Waals surface area contributed by atoms with E-state index in [1.54, 1.807) is 58.0 Å². The topological polar surface area (TPSA) is 101 Å². The Morgan fingerprint density at radius 1 is 1.16 bits per heavy atom. The van der Waals surface area contributed by atoms with Gasteiger partial charge in [-0.05, 0) is 62.6 Å². The molecule has 1 aliphatic rings. The summed E-state index contributed by atoms with van der Waals surface area (Å²) >= 11 is 12.1. The number of carboxylic acid groups (broad SMARTS) is 1. The fourth-order valence-corrected chi connectivity index (χ4v) is 6.05. The van der Waals surface area contributed by atoms with Crippen molar-refractivity contribution in [1.82, 2.24) is 4.90 Å². The summed E-state index contributed by atoms with van der Waals surface area (Å²) in [6.45, 7) is 6.46. The van der Waals surface area contributed by atoms with Gasteiger partial charge in [0.15, 0.2) is 9.84 Å². The molecule has 0 bridgehead atoms. The van der Waals surface area contributed by atoms with E-state index >= 15 is 0 Å². The smallest absolute Gasteiger partial charge is 0.306 e. The first-order valence-electron chi connectivity index (χ1n) is 11.8. The lowest BCUT2D eigenvalue weighted by molar-refractivity contribution is -0.182. The molecule has 0 aliphatic carbocycles. The Balaban J connectivity index is 2.25. The summed E-state index contributed by atoms with van der Waals surface area (Å²) in [6, 6.07) is 8.88. The summed E-state index contributed by atoms with van der Waals surface area (Å²) in [6.07, 6.45) is -2.74. The van der Waals surface area contributed by atoms with Crippen molar-refractivity contribution >= 4 is 44.9 Å². The number of hydrogen-bond donors (Lipinski definition) is 1. The SMILES string of the molecule is CC[C@@H](CS(=O)(=O)C(C)(C)C)N1C(=O)[C@@H](CC(=O)O)O[C@H](c2cccc(Cl)c2)C1c1ccc(Cl)c(F)c1. The van der Waals surface area contributed by atoms with E-state index in [9.17, 15) is 27.5 Å². The number of halogens is 3. The zero-order valence-corrected chi connectivity index (χ0v) is 23.3. The molecule has 2 aromatic rings. The van der Waals surface area contributed by atoms with Gasteiger partial charge < -0.3 is 14.7 Å². The maximum atomic E-state index is 14.6. The molecule has 1 heterocycles. The fraction of sp³-hybridized carbons (Fsp3) is 0.462. The lowest BCUT2D eigenvalue weighted by Crippen LogP contribution is -2.57. The molecule has 2 aromatic carbocycles. The lowest BCUT2D eigenvalue weighted by atomic mass is 9.89. The van der Waals surface area contributed by atoms with Gasteiger partial charge in [0, 0.05) is 11.1 Å². The van der Waals surface area contributed by atoms with Gasteiger partial charge in [0.1, 0.15) is 18.0 Å². The quantitative estimate of drug-likeness (QED) is 0.440. The Kier molecular flexibility index (Phi) is 8.94. The number of benzene rings is 2. The molecule has 1 aliphatic heterocycles. The van der Waals surface area contributed by atoms with E-state index < -0.39 is 63.0 Å². The van der Waals surface area contributed by atoms with Crippen LogP contribution in [0.3, 0.4) is 0 Å². The Morgan fingerprint density at radius 2 is 1.84 bits per heavy atom. The number of ether oxygens (including phenoxy) is 1. The van der Waals surface area contributed by atoms with Crippen LogP contribution in [0.15, 0.2) is 42.5 Å². The Bertz CT molecular complexity index is 1280. The first-order chi connectivity index (χ1) is 17.2. The third kappa shape index (κ3) is 6.45. The number of hydrogen-bond acceptors (Lipinski definition) is 5. The van der Waals surface area contributed by atoms with Crippen molar-refractivity contribution in [3.63, 3.8) is 0 Å². The fourth-order valence-electron chi connectivity index (χ4n) is 4.33. The molecule has 0 saturated carbocycles. The number of rotatable bonds is 8. The maximum Gasteiger partial charge on any atom is 0.306 e. The normalized spacial score (nSPS) is 21.6. The minimum Gasteiger partial charge on any atom is -0.481 e. The van der Waals surface area contributed by atoms with E-state index in [4.69, 9.17) is 27.9 Å². The van der Waals surface area contributed by atoms with Crippen molar-refractivity contribution in [2.45, 2.75) is 69.6 Å². The van der Waals surface area contributed by atoms with Gasteiger partial charge in [0.25, 0.3) is 5.91 Å². The van der Waals surface area contributed by atoms with Crippen LogP contribution in [0, 0.1) is 5.82 Å². The molecular formula is C26H30Cl2FNO6S. The van der Waals surface area contributed by atoms with Gasteiger partial charge in [-0.15, -0.1) is 0 Å². The summed E-state index contributed by atoms with van der Waals surface area (Å²) < 4.78 is 46.0. The third-order valence-electron chi connectivity index (χ3n) is 6.46. The highest BCUT2D eigenvalue weighted by Gasteiger charge is 2.48. The minimum atomic E-state index is -3.70. The van der Waals surface area contributed by atoms with Gasteiger partial charge in [-0.2, -0.15) is 0 Å². The van der Waals surface area contributed by atoms with Crippen LogP contribution in [0.2, 0.25) is 10.0 Å². The molecule has 0 radical (unpaired) electrons. The average molecular weight is 574 g/mol. The Morgan fingerprint density at radius 3 is 2.38 bits per heavy atom. The van der Waals surface area contributed by atoms with E-state index in [-0.39, 0.29) is 17.2 Å². The molecule has 1 amide bonds. The number of sulfone groups is 1. The Hall–Kier alpha value is -2.20. The van der Waals surface area contributed by atoms with E-state index in [1.165, 1.54) is 17.0 Å². The van der Waals surface area contributed by atoms with Gasteiger partial charge in [0.2, 0.25) is 0 Å². The summed E-state index contributed by atoms with van der Waals surface area (Å²) in [7, 11) is -3.70. The number of morpholine rings is 1. The van der Waals surface area contributed by atoms with E-state index in [2.05, 4.69) is 0 Å². The number of carbonyl (C=O) groups is 2. The first-order valence-corrected chi connectivity index (χ1v) is 14.2. The standard InChI is InChI=1S/C26H30Cl2FNO6S/c1-5-18(14-37(34,35)26(2,3)4)30-23(15-9-10-19(28)20(29)12-15)24(16-7-6-8-17(27)11-16)36-21(25(30)33)13-22(31)32/h6-12,18,21,23-24H,5,13-14H2,1-4H3,(H,31,32)/t18-,21+,23?,24+/m0/s1. The zero-order chi connectivity index (χ0) is 27.7. The van der Waals surface area contributed by atoms with E-state index in [1.807, 2.05) is 0 Å². The van der Waals surface area contributed by atoms with Crippen molar-refractivity contribution < 1.29 is 32.2 Å². The highest BCUT2D eigenvalue weighted by molar-refractivity contribution is 7.92. The van der Waals surface area contributed by atoms with Crippen LogP contribution in [0.25, 0.3) is 0 Å². The van der Waals surface area contributed by atoms with Crippen molar-refractivity contribution in [1.29, 1.82) is 0 Å². The van der Waals surface area contributed by atoms with Crippen LogP contribution in [0.5, 0.6) is 0 Å². The van der Waals surface area contributed by atoms with Crippen molar-refractivity contribution in [3.8, 4) is 0 Å². The van der Waals surface area contributed by atoms with Crippen LogP contribution in [-0.4, -0.2) is 52.9 Å². The molecule has 0 aromatic heterocycles. The van der Waals surface area contributed by atoms with Crippen molar-refractivity contribution in [2.24, 2.45) is 0 Å². The lowest BCUT2D eigenvalue weighted by Gasteiger charge is -2.48. The zero-order valence-electron chi connectivity index (χ0n) is 20.9. The number of carboxylic acids is 1. The second-order valence-corrected chi connectivity index (χ2v) is 13.6. The number of carbonyl (C=O) groups excluding carboxylic acids is 1. The molecule has 1 unspecified atom stereocenters. The number of nitrogens with zero attached hydrogens (tertiary/aromatic N) is 1. The summed E-state index contributed by atoms with van der Waals surface area (Å²) in [4.78, 5) is 26.7. The molecule has 0 spiro atoms. The molecule has 11 heteroatoms. The van der Waals surface area contributed by atoms with Gasteiger partial charge in [-0.25, -0.2) is 12.8 Å². The Labute approximate surface area is 226 Å². The van der Waals surface area contributed by atoms with Gasteiger partial charge >= 0.3 is 5.97 Å². The first kappa shape index (κ1) is 29.4. The highest BCUT2D eigenvalue weighted by atomic mass is 35.5. The van der Waals surface area contributed by atoms with Crippen LogP contribution in [0.4, 0.5) is 4.39 Å². The predicted molar refractivity (Wildman–Crippen MR) is 140 cm³/mol. The molecule has 4 atom stereocenters. The van der Waals surface area contributed by atoms with Crippen LogP contribution < -0.4 is 0 Å². The number of aliphatic carboxylic acids is 1. The molecule has 1 fully saturated rings. The maximum absolute atomic E-state index is 14.6. The minimum absolute atomic E-state index is 0.122. The van der Waals surface area contributed by atoms with Crippen molar-refractivity contribution in [3.05, 3.63) is 69.5 Å². The molecule has 3 rings (SSSR count). The summed E-state index contributed by atoms with van der Waals surface area (Å²) in [5.74, 6) is -3.03. The van der Waals surface area contributed by atoms with Crippen LogP contribution in [0.1, 0.15) is 63.8 Å². The van der Waals surface area contributed by atoms with E-state index in [0.717, 1.165) is 0 Å². The average Bonchev–Trinajstić information content (AvgIpc) is 2.79. The monoisotopic (exact) mass is 573 g/mol. The highest BCUT2D eigenvalue weighted by Crippen LogP contribution is 2.45. The largest absolute Gasteiger partial charge is 0.481 e. The van der Waals surface area contributed by atoms with Gasteiger partial charge in [-0.1, -0.05) is 48.3 Å². The third-order valence-corrected chi connectivity index (χ3v) is 9.69. The molecule has 1 N–H and O–H groups in total. The van der Waals surface area contributed by atoms with Gasteiger partial charge in [-0.3, -0.25) is 9.59 Å². The molecular weight excluding hydrogens is 544 g/mol. The van der Waals surface area contributed by atoms with E-state index in [0.29, 0.717) is 16.1 Å². The summed E-state index contributed by atoms with van der Waals surface area (Å²) in [5, 5.41) is 9.73. The molecule has 37 heavy (non-hydrogen) atoms.